The molecule has 22 heavy (non-hydrogen) atoms. The number of rotatable bonds is 2. The van der Waals surface area contributed by atoms with Gasteiger partial charge in [-0.15, -0.1) is 13.2 Å². The fraction of sp³-hybridized carbons (Fsp3) is 0.308. The minimum Gasteiger partial charge on any atom is -0.703 e. The summed E-state index contributed by atoms with van der Waals surface area (Å²) in [5, 5.41) is 10.1. The number of carbonyl (C=O) groups is 2. The number of amides is 2. The average molecular weight is 546 g/mol. The summed E-state index contributed by atoms with van der Waals surface area (Å²) in [6, 6.07) is 0. The Balaban J connectivity index is -0.00000000569. The predicted octanol–water partition coefficient (Wildman–Crippen LogP) is 6.20. The molecule has 0 spiro atoms. The van der Waals surface area contributed by atoms with Crippen molar-refractivity contribution in [2.75, 3.05) is 0 Å². The van der Waals surface area contributed by atoms with Gasteiger partial charge in [-0.25, -0.2) is 0 Å². The number of carbonyl (C=O) groups excluding carboxylic acids is 1. The molecule has 0 rings (SSSR count). The SMILES string of the molecule is C.C.C.C=C(C)[NH-].C=C[N-]C=O.[CH3-].[CH3-].[CH3-].[NH-]C(=O)O.[Y].[Y].[Y]. The minimum absolute atomic E-state index is 0. The van der Waals surface area contributed by atoms with Crippen LogP contribution >= 0.6 is 0 Å². The molecule has 0 aromatic heterocycles. The number of carboxylic acid groups (broad SMARTS) is 1. The van der Waals surface area contributed by atoms with Gasteiger partial charge >= 0.3 is 0 Å². The van der Waals surface area contributed by atoms with Gasteiger partial charge in [-0.1, -0.05) is 29.2 Å². The predicted molar refractivity (Wildman–Crippen MR) is 90.5 cm³/mol. The van der Waals surface area contributed by atoms with Gasteiger partial charge in [0, 0.05) is 105 Å². The number of nitrogens with zero attached hydrogens (tertiary/aromatic N) is 1. The number of hydrogen-bond acceptors (Lipinski definition) is 2. The van der Waals surface area contributed by atoms with Crippen molar-refractivity contribution in [3.05, 3.63) is 64.1 Å². The van der Waals surface area contributed by atoms with E-state index in [2.05, 4.69) is 18.5 Å². The first kappa shape index (κ1) is 90.6. The Bertz CT molecular complexity index is 159. The van der Waals surface area contributed by atoms with Gasteiger partial charge in [-0.2, -0.15) is 11.9 Å². The van der Waals surface area contributed by atoms with Crippen LogP contribution < -0.4 is 0 Å². The van der Waals surface area contributed by atoms with Gasteiger partial charge in [0.25, 0.3) is 0 Å². The van der Waals surface area contributed by atoms with Crippen molar-refractivity contribution < 1.29 is 113 Å². The van der Waals surface area contributed by atoms with Crippen LogP contribution in [0.2, 0.25) is 0 Å². The number of allylic oxidation sites excluding steroid dienone is 1. The van der Waals surface area contributed by atoms with Gasteiger partial charge in [0.2, 0.25) is 6.09 Å². The van der Waals surface area contributed by atoms with Crippen molar-refractivity contribution in [3.63, 3.8) is 0 Å². The minimum atomic E-state index is -1.58. The Morgan fingerprint density at radius 2 is 1.18 bits per heavy atom. The van der Waals surface area contributed by atoms with Gasteiger partial charge in [0.05, 0.1) is 0 Å². The van der Waals surface area contributed by atoms with Crippen molar-refractivity contribution in [2.24, 2.45) is 0 Å². The molecule has 133 valence electrons. The molecule has 2 amide bonds. The van der Waals surface area contributed by atoms with Crippen LogP contribution in [0.15, 0.2) is 25.1 Å². The third kappa shape index (κ3) is 794. The van der Waals surface area contributed by atoms with Crippen LogP contribution in [-0.4, -0.2) is 17.6 Å². The van der Waals surface area contributed by atoms with E-state index in [-0.39, 0.29) is 143 Å². The van der Waals surface area contributed by atoms with Crippen molar-refractivity contribution in [2.45, 2.75) is 29.2 Å². The van der Waals surface area contributed by atoms with Gasteiger partial charge in [-0.3, -0.25) is 4.79 Å². The second-order valence-electron chi connectivity index (χ2n) is 1.52. The molecular weight excluding hydrogens is 513 g/mol. The van der Waals surface area contributed by atoms with Crippen LogP contribution in [-0.2, 0) is 103 Å². The molecule has 3 radical (unpaired) electrons. The van der Waals surface area contributed by atoms with Gasteiger partial charge < -0.3 is 49.0 Å². The Labute approximate surface area is 215 Å². The van der Waals surface area contributed by atoms with E-state index in [4.69, 9.17) is 26.2 Å². The molecular formula is C13H33N3O3Y3-6. The molecule has 0 bridgehead atoms. The molecule has 0 unspecified atom stereocenters. The Morgan fingerprint density at radius 1 is 1.05 bits per heavy atom. The molecule has 3 N–H and O–H groups in total. The fourth-order valence-corrected chi connectivity index (χ4v) is 0.0430. The maximum absolute atomic E-state index is 9.17. The molecule has 0 atom stereocenters. The van der Waals surface area contributed by atoms with E-state index in [0.717, 1.165) is 0 Å². The summed E-state index contributed by atoms with van der Waals surface area (Å²) in [6.07, 6.45) is 0.0417. The monoisotopic (exact) mass is 546 g/mol. The van der Waals surface area contributed by atoms with E-state index < -0.39 is 6.09 Å². The smallest absolute Gasteiger partial charge is 0.224 e. The third-order valence-corrected chi connectivity index (χ3v) is 0.166. The molecule has 0 saturated carbocycles. The van der Waals surface area contributed by atoms with Crippen molar-refractivity contribution in [3.8, 4) is 0 Å². The van der Waals surface area contributed by atoms with E-state index in [1.54, 1.807) is 6.92 Å². The topological polar surface area (TPSA) is 116 Å². The molecule has 0 aromatic rings. The van der Waals surface area contributed by atoms with Crippen molar-refractivity contribution in [1.29, 1.82) is 0 Å². The summed E-state index contributed by atoms with van der Waals surface area (Å²) in [5.41, 5.74) is 12.3. The van der Waals surface area contributed by atoms with E-state index in [9.17, 15) is 0 Å². The standard InChI is InChI=1S/C3H5NO.C3H6N.CH2NO2.3CH4.3CH3.3Y/c1-2-4-3-5;1-3(2)4;2-1(3)4;;;;;;;;;/h2-3H,1H2,(H,4,5);4H,1H2,2H3;2H,(H,3,4);3*1H4;3*1H3;;;/q;2*-1;;;;3*-1;;;/p-1. The van der Waals surface area contributed by atoms with Crippen LogP contribution in [0.3, 0.4) is 0 Å². The summed E-state index contributed by atoms with van der Waals surface area (Å²) in [6.45, 7) is 8.01. The number of hydrogen-bond donors (Lipinski definition) is 1. The summed E-state index contributed by atoms with van der Waals surface area (Å²) in [7, 11) is 0. The van der Waals surface area contributed by atoms with Gasteiger partial charge in [0.15, 0.2) is 0 Å². The fourth-order valence-electron chi connectivity index (χ4n) is 0.0430. The van der Waals surface area contributed by atoms with Gasteiger partial charge in [-0.05, 0) is 0 Å². The third-order valence-electron chi connectivity index (χ3n) is 0.166. The summed E-state index contributed by atoms with van der Waals surface area (Å²) >= 11 is 0. The first-order valence-corrected chi connectivity index (χ1v) is 2.94. The van der Waals surface area contributed by atoms with Crippen LogP contribution in [0.4, 0.5) is 4.79 Å². The van der Waals surface area contributed by atoms with E-state index in [1.165, 1.54) is 6.20 Å². The number of nitrogens with one attached hydrogen (secondary N) is 2. The molecule has 6 nitrogen and oxygen atoms in total. The molecule has 9 heteroatoms. The second kappa shape index (κ2) is 95.2. The van der Waals surface area contributed by atoms with Crippen LogP contribution in [0.25, 0.3) is 16.8 Å². The van der Waals surface area contributed by atoms with Gasteiger partial charge in [0.1, 0.15) is 0 Å². The molecule has 0 fully saturated rings. The summed E-state index contributed by atoms with van der Waals surface area (Å²) < 4.78 is 0. The molecule has 0 aliphatic carbocycles. The van der Waals surface area contributed by atoms with Crippen LogP contribution in [0.1, 0.15) is 29.2 Å². The van der Waals surface area contributed by atoms with Crippen molar-refractivity contribution in [1.82, 2.24) is 0 Å². The maximum atomic E-state index is 9.17. The van der Waals surface area contributed by atoms with E-state index in [1.807, 2.05) is 0 Å². The van der Waals surface area contributed by atoms with Crippen LogP contribution in [0.5, 0.6) is 0 Å². The Hall–Kier alpha value is 1.33. The average Bonchev–Trinajstić information content (AvgIpc) is 1.86. The maximum Gasteiger partial charge on any atom is 0.224 e. The van der Waals surface area contributed by atoms with Crippen LogP contribution in [0, 0.1) is 22.3 Å². The normalized spacial score (nSPS) is 3.50. The quantitative estimate of drug-likeness (QED) is 0.329. The van der Waals surface area contributed by atoms with E-state index in [0.29, 0.717) is 12.1 Å². The first-order valence-electron chi connectivity index (χ1n) is 2.94. The summed E-state index contributed by atoms with van der Waals surface area (Å²) in [5.74, 6) is 0. The van der Waals surface area contributed by atoms with Crippen molar-refractivity contribution >= 4 is 12.5 Å². The molecule has 0 heterocycles. The zero-order valence-electron chi connectivity index (χ0n) is 12.0. The zero-order chi connectivity index (χ0) is 11.3. The molecule has 0 saturated heterocycles. The Morgan fingerprint density at radius 3 is 1.18 bits per heavy atom. The first-order chi connectivity index (χ1) is 5.88. The summed E-state index contributed by atoms with van der Waals surface area (Å²) in [4.78, 5) is 17.8. The Kier molecular flexibility index (Phi) is 392. The second-order valence-corrected chi connectivity index (χ2v) is 1.52. The van der Waals surface area contributed by atoms with E-state index >= 15 is 0 Å². The molecule has 0 aromatic carbocycles. The zero-order valence-corrected chi connectivity index (χ0v) is 20.5. The molecule has 0 aliphatic rings. The molecule has 0 aliphatic heterocycles. The largest absolute Gasteiger partial charge is 0.703 e.